The van der Waals surface area contributed by atoms with Crippen LogP contribution in [0.4, 0.5) is 0 Å². The fourth-order valence-corrected chi connectivity index (χ4v) is 2.01. The van der Waals surface area contributed by atoms with Crippen molar-refractivity contribution in [3.8, 4) is 5.75 Å². The molecular formula is C17H18ClNO2. The van der Waals surface area contributed by atoms with Crippen LogP contribution in [-0.2, 0) is 6.61 Å². The number of nitrogens with one attached hydrogen (secondary N) is 1. The molecule has 0 aromatic heterocycles. The van der Waals surface area contributed by atoms with Gasteiger partial charge in [0, 0.05) is 12.4 Å². The number of carbonyl (C=O) groups excluding carboxylic acids is 1. The van der Waals surface area contributed by atoms with Gasteiger partial charge >= 0.3 is 0 Å². The first-order valence-corrected chi connectivity index (χ1v) is 7.44. The van der Waals surface area contributed by atoms with Crippen molar-refractivity contribution < 1.29 is 9.53 Å². The molecule has 0 fully saturated rings. The Hall–Kier alpha value is -2.00. The van der Waals surface area contributed by atoms with Crippen LogP contribution in [0.25, 0.3) is 0 Å². The maximum Gasteiger partial charge on any atom is 0.255 e. The summed E-state index contributed by atoms with van der Waals surface area (Å²) in [6.07, 6.45) is 0.750. The van der Waals surface area contributed by atoms with Gasteiger partial charge in [-0.25, -0.2) is 0 Å². The van der Waals surface area contributed by atoms with Crippen LogP contribution in [0, 0.1) is 0 Å². The molecule has 2 rings (SSSR count). The standard InChI is InChI=1S/C17H18ClNO2/c18-11-6-12-19-17(20)15-9-4-5-10-16(15)21-13-14-7-2-1-3-8-14/h1-5,7-10H,6,11-13H2,(H,19,20). The Morgan fingerprint density at radius 1 is 1.05 bits per heavy atom. The van der Waals surface area contributed by atoms with Crippen LogP contribution in [0.5, 0.6) is 5.75 Å². The van der Waals surface area contributed by atoms with Gasteiger partial charge in [-0.1, -0.05) is 42.5 Å². The zero-order valence-corrected chi connectivity index (χ0v) is 12.5. The molecule has 0 heterocycles. The van der Waals surface area contributed by atoms with Gasteiger partial charge in [-0.3, -0.25) is 4.79 Å². The molecule has 2 aromatic rings. The summed E-state index contributed by atoms with van der Waals surface area (Å²) in [6, 6.07) is 17.1. The van der Waals surface area contributed by atoms with E-state index in [0.717, 1.165) is 12.0 Å². The molecule has 0 saturated heterocycles. The molecule has 0 aliphatic carbocycles. The molecule has 1 N–H and O–H groups in total. The number of carbonyl (C=O) groups is 1. The molecule has 2 aromatic carbocycles. The average molecular weight is 304 g/mol. The topological polar surface area (TPSA) is 38.3 Å². The van der Waals surface area contributed by atoms with E-state index in [1.807, 2.05) is 42.5 Å². The number of amides is 1. The van der Waals surface area contributed by atoms with Crippen molar-refractivity contribution in [2.75, 3.05) is 12.4 Å². The van der Waals surface area contributed by atoms with E-state index >= 15 is 0 Å². The van der Waals surface area contributed by atoms with Crippen LogP contribution in [-0.4, -0.2) is 18.3 Å². The molecule has 21 heavy (non-hydrogen) atoms. The second-order valence-corrected chi connectivity index (χ2v) is 4.95. The summed E-state index contributed by atoms with van der Waals surface area (Å²) in [4.78, 5) is 12.1. The normalized spacial score (nSPS) is 10.1. The molecule has 0 saturated carbocycles. The van der Waals surface area contributed by atoms with Crippen molar-refractivity contribution in [2.24, 2.45) is 0 Å². The number of alkyl halides is 1. The van der Waals surface area contributed by atoms with Gasteiger partial charge in [0.15, 0.2) is 0 Å². The van der Waals surface area contributed by atoms with Gasteiger partial charge < -0.3 is 10.1 Å². The smallest absolute Gasteiger partial charge is 0.255 e. The van der Waals surface area contributed by atoms with Gasteiger partial charge in [0.05, 0.1) is 5.56 Å². The SMILES string of the molecule is O=C(NCCCCl)c1ccccc1OCc1ccccc1. The Morgan fingerprint density at radius 3 is 2.52 bits per heavy atom. The lowest BCUT2D eigenvalue weighted by molar-refractivity contribution is 0.0949. The number of hydrogen-bond donors (Lipinski definition) is 1. The summed E-state index contributed by atoms with van der Waals surface area (Å²) in [7, 11) is 0. The minimum atomic E-state index is -0.135. The molecule has 0 radical (unpaired) electrons. The molecule has 1 amide bonds. The molecule has 0 aliphatic rings. The van der Waals surface area contributed by atoms with E-state index < -0.39 is 0 Å². The summed E-state index contributed by atoms with van der Waals surface area (Å²) < 4.78 is 5.76. The van der Waals surface area contributed by atoms with Crippen molar-refractivity contribution in [1.82, 2.24) is 5.32 Å². The van der Waals surface area contributed by atoms with Gasteiger partial charge in [0.25, 0.3) is 5.91 Å². The summed E-state index contributed by atoms with van der Waals surface area (Å²) in [5, 5.41) is 2.84. The van der Waals surface area contributed by atoms with Gasteiger partial charge in [0.2, 0.25) is 0 Å². The first-order chi connectivity index (χ1) is 10.3. The lowest BCUT2D eigenvalue weighted by atomic mass is 10.2. The van der Waals surface area contributed by atoms with Gasteiger partial charge in [-0.05, 0) is 24.1 Å². The van der Waals surface area contributed by atoms with Gasteiger partial charge in [-0.15, -0.1) is 11.6 Å². The first kappa shape index (κ1) is 15.4. The van der Waals surface area contributed by atoms with Gasteiger partial charge in [-0.2, -0.15) is 0 Å². The Kier molecular flexibility index (Phi) is 6.10. The first-order valence-electron chi connectivity index (χ1n) is 6.91. The molecular weight excluding hydrogens is 286 g/mol. The van der Waals surface area contributed by atoms with Crippen molar-refractivity contribution in [2.45, 2.75) is 13.0 Å². The molecule has 3 nitrogen and oxygen atoms in total. The number of ether oxygens (including phenoxy) is 1. The summed E-state index contributed by atoms with van der Waals surface area (Å²) in [6.45, 7) is 1.00. The van der Waals surface area contributed by atoms with Crippen LogP contribution in [0.2, 0.25) is 0 Å². The monoisotopic (exact) mass is 303 g/mol. The largest absolute Gasteiger partial charge is 0.488 e. The third kappa shape index (κ3) is 4.80. The maximum absolute atomic E-state index is 12.1. The van der Waals surface area contributed by atoms with Crippen molar-refractivity contribution in [3.63, 3.8) is 0 Å². The lowest BCUT2D eigenvalue weighted by Gasteiger charge is -2.11. The maximum atomic E-state index is 12.1. The van der Waals surface area contributed by atoms with Crippen molar-refractivity contribution >= 4 is 17.5 Å². The van der Waals surface area contributed by atoms with E-state index in [1.165, 1.54) is 0 Å². The zero-order valence-electron chi connectivity index (χ0n) is 11.7. The highest BCUT2D eigenvalue weighted by molar-refractivity contribution is 6.17. The quantitative estimate of drug-likeness (QED) is 0.626. The molecule has 0 aliphatic heterocycles. The molecule has 0 spiro atoms. The van der Waals surface area contributed by atoms with Crippen LogP contribution < -0.4 is 10.1 Å². The van der Waals surface area contributed by atoms with Crippen LogP contribution in [0.15, 0.2) is 54.6 Å². The highest BCUT2D eigenvalue weighted by atomic mass is 35.5. The van der Waals surface area contributed by atoms with E-state index in [-0.39, 0.29) is 5.91 Å². The second-order valence-electron chi connectivity index (χ2n) is 4.57. The molecule has 110 valence electrons. The lowest BCUT2D eigenvalue weighted by Crippen LogP contribution is -2.25. The molecule has 0 unspecified atom stereocenters. The number of rotatable bonds is 7. The van der Waals surface area contributed by atoms with E-state index in [1.54, 1.807) is 12.1 Å². The van der Waals surface area contributed by atoms with E-state index in [2.05, 4.69) is 5.32 Å². The highest BCUT2D eigenvalue weighted by Gasteiger charge is 2.11. The zero-order chi connectivity index (χ0) is 14.9. The Balaban J connectivity index is 2.01. The fourth-order valence-electron chi connectivity index (χ4n) is 1.88. The number of halogens is 1. The predicted molar refractivity (Wildman–Crippen MR) is 84.9 cm³/mol. The third-order valence-corrected chi connectivity index (χ3v) is 3.23. The predicted octanol–water partition coefficient (Wildman–Crippen LogP) is 3.62. The Labute approximate surface area is 129 Å². The molecule has 4 heteroatoms. The Bertz CT molecular complexity index is 572. The minimum Gasteiger partial charge on any atom is -0.488 e. The molecule has 0 atom stereocenters. The van der Waals surface area contributed by atoms with E-state index in [0.29, 0.717) is 30.3 Å². The summed E-state index contributed by atoms with van der Waals surface area (Å²) in [5.41, 5.74) is 1.61. The summed E-state index contributed by atoms with van der Waals surface area (Å²) in [5.74, 6) is 0.986. The second kappa shape index (κ2) is 8.32. The van der Waals surface area contributed by atoms with Gasteiger partial charge in [0.1, 0.15) is 12.4 Å². The molecule has 0 bridgehead atoms. The third-order valence-electron chi connectivity index (χ3n) is 2.96. The summed E-state index contributed by atoms with van der Waals surface area (Å²) >= 11 is 5.60. The minimum absolute atomic E-state index is 0.135. The highest BCUT2D eigenvalue weighted by Crippen LogP contribution is 2.19. The van der Waals surface area contributed by atoms with E-state index in [9.17, 15) is 4.79 Å². The van der Waals surface area contributed by atoms with Crippen LogP contribution in [0.3, 0.4) is 0 Å². The van der Waals surface area contributed by atoms with Crippen molar-refractivity contribution in [1.29, 1.82) is 0 Å². The average Bonchev–Trinajstić information content (AvgIpc) is 2.54. The Morgan fingerprint density at radius 2 is 1.76 bits per heavy atom. The van der Waals surface area contributed by atoms with E-state index in [4.69, 9.17) is 16.3 Å². The van der Waals surface area contributed by atoms with Crippen LogP contribution in [0.1, 0.15) is 22.3 Å². The number of hydrogen-bond acceptors (Lipinski definition) is 2. The fraction of sp³-hybridized carbons (Fsp3) is 0.235. The number of benzene rings is 2. The van der Waals surface area contributed by atoms with Crippen molar-refractivity contribution in [3.05, 3.63) is 65.7 Å². The van der Waals surface area contributed by atoms with Crippen LogP contribution >= 0.6 is 11.6 Å². The number of para-hydroxylation sites is 1.